The van der Waals surface area contributed by atoms with Crippen molar-refractivity contribution >= 4 is 0 Å². The molecule has 2 fully saturated rings. The molecule has 2 aliphatic rings. The predicted octanol–water partition coefficient (Wildman–Crippen LogP) is 0.623. The second kappa shape index (κ2) is 4.81. The van der Waals surface area contributed by atoms with Gasteiger partial charge in [-0.05, 0) is 24.9 Å². The van der Waals surface area contributed by atoms with Gasteiger partial charge < -0.3 is 15.1 Å². The van der Waals surface area contributed by atoms with Crippen molar-refractivity contribution in [3.63, 3.8) is 0 Å². The second-order valence-electron chi connectivity index (χ2n) is 5.45. The molecule has 3 nitrogen and oxygen atoms in total. The third-order valence-corrected chi connectivity index (χ3v) is 3.97. The lowest BCUT2D eigenvalue weighted by atomic mass is 9.89. The lowest BCUT2D eigenvalue weighted by Gasteiger charge is -2.38. The normalized spacial score (nSPS) is 34.8. The fourth-order valence-corrected chi connectivity index (χ4v) is 2.81. The van der Waals surface area contributed by atoms with Gasteiger partial charge in [0.15, 0.2) is 0 Å². The van der Waals surface area contributed by atoms with Crippen molar-refractivity contribution < 1.29 is 0 Å². The van der Waals surface area contributed by atoms with Gasteiger partial charge in [-0.3, -0.25) is 0 Å². The van der Waals surface area contributed by atoms with E-state index in [0.717, 1.165) is 0 Å². The van der Waals surface area contributed by atoms with Crippen LogP contribution in [0.15, 0.2) is 0 Å². The Labute approximate surface area is 93.8 Å². The molecule has 88 valence electrons. The summed E-state index contributed by atoms with van der Waals surface area (Å²) in [4.78, 5) is 5.20. The lowest BCUT2D eigenvalue weighted by molar-refractivity contribution is 0.100. The van der Waals surface area contributed by atoms with Crippen molar-refractivity contribution in [1.29, 1.82) is 0 Å². The van der Waals surface area contributed by atoms with Crippen LogP contribution in [-0.2, 0) is 0 Å². The largest absolute Gasteiger partial charge is 0.316 e. The number of likely N-dealkylation sites (N-methyl/N-ethyl adjacent to an activating group) is 1. The molecule has 1 N–H and O–H groups in total. The summed E-state index contributed by atoms with van der Waals surface area (Å²) in [6.45, 7) is 14.7. The van der Waals surface area contributed by atoms with Crippen molar-refractivity contribution in [3.8, 4) is 0 Å². The summed E-state index contributed by atoms with van der Waals surface area (Å²) in [6, 6.07) is 0. The van der Waals surface area contributed by atoms with Gasteiger partial charge >= 0.3 is 0 Å². The van der Waals surface area contributed by atoms with Crippen LogP contribution >= 0.6 is 0 Å². The highest BCUT2D eigenvalue weighted by atomic mass is 15.3. The van der Waals surface area contributed by atoms with Crippen molar-refractivity contribution in [1.82, 2.24) is 15.1 Å². The van der Waals surface area contributed by atoms with E-state index in [1.165, 1.54) is 58.8 Å². The first-order valence-corrected chi connectivity index (χ1v) is 6.37. The zero-order valence-electron chi connectivity index (χ0n) is 10.3. The number of hydrogen-bond donors (Lipinski definition) is 1. The Balaban J connectivity index is 1.76. The maximum Gasteiger partial charge on any atom is 0.0110 e. The van der Waals surface area contributed by atoms with E-state index in [9.17, 15) is 0 Å². The molecular formula is C12H25N3. The molecule has 0 aliphatic carbocycles. The van der Waals surface area contributed by atoms with Crippen LogP contribution in [0.3, 0.4) is 0 Å². The van der Waals surface area contributed by atoms with Crippen molar-refractivity contribution in [2.75, 3.05) is 52.4 Å². The molecule has 0 aromatic rings. The average molecular weight is 211 g/mol. The summed E-state index contributed by atoms with van der Waals surface area (Å²) in [5.74, 6) is 0. The van der Waals surface area contributed by atoms with Crippen LogP contribution in [0.1, 0.15) is 20.3 Å². The minimum atomic E-state index is 0.536. The highest BCUT2D eigenvalue weighted by Gasteiger charge is 2.31. The first kappa shape index (κ1) is 11.4. The molecule has 1 atom stereocenters. The Kier molecular flexibility index (Phi) is 3.65. The molecule has 2 rings (SSSR count). The number of nitrogens with zero attached hydrogens (tertiary/aromatic N) is 2. The molecule has 2 saturated heterocycles. The van der Waals surface area contributed by atoms with Crippen LogP contribution in [0.2, 0.25) is 0 Å². The topological polar surface area (TPSA) is 18.5 Å². The average Bonchev–Trinajstić information content (AvgIpc) is 2.66. The number of nitrogens with one attached hydrogen (secondary N) is 1. The zero-order valence-corrected chi connectivity index (χ0v) is 10.3. The third-order valence-electron chi connectivity index (χ3n) is 3.97. The van der Waals surface area contributed by atoms with E-state index in [2.05, 4.69) is 29.0 Å². The van der Waals surface area contributed by atoms with Crippen LogP contribution in [0.4, 0.5) is 0 Å². The Hall–Kier alpha value is -0.120. The van der Waals surface area contributed by atoms with Gasteiger partial charge in [0, 0.05) is 39.3 Å². The molecule has 0 saturated carbocycles. The quantitative estimate of drug-likeness (QED) is 0.738. The van der Waals surface area contributed by atoms with Gasteiger partial charge in [0.05, 0.1) is 0 Å². The third kappa shape index (κ3) is 2.92. The van der Waals surface area contributed by atoms with E-state index in [0.29, 0.717) is 5.41 Å². The molecular weight excluding hydrogens is 186 g/mol. The Bertz CT molecular complexity index is 191. The zero-order chi connectivity index (χ0) is 10.7. The van der Waals surface area contributed by atoms with E-state index in [1.54, 1.807) is 0 Å². The van der Waals surface area contributed by atoms with Crippen molar-refractivity contribution in [2.45, 2.75) is 20.3 Å². The molecule has 15 heavy (non-hydrogen) atoms. The van der Waals surface area contributed by atoms with Crippen LogP contribution in [0, 0.1) is 5.41 Å². The van der Waals surface area contributed by atoms with Gasteiger partial charge in [-0.1, -0.05) is 13.8 Å². The molecule has 1 unspecified atom stereocenters. The Morgan fingerprint density at radius 2 is 1.80 bits per heavy atom. The van der Waals surface area contributed by atoms with Gasteiger partial charge in [-0.2, -0.15) is 0 Å². The van der Waals surface area contributed by atoms with Crippen LogP contribution in [0.5, 0.6) is 0 Å². The summed E-state index contributed by atoms with van der Waals surface area (Å²) in [6.07, 6.45) is 1.35. The molecule has 2 heterocycles. The van der Waals surface area contributed by atoms with E-state index in [4.69, 9.17) is 0 Å². The SMILES string of the molecule is CCN1CCN(CC2(C)CCNC2)CC1. The molecule has 0 amide bonds. The monoisotopic (exact) mass is 211 g/mol. The Morgan fingerprint density at radius 1 is 1.13 bits per heavy atom. The van der Waals surface area contributed by atoms with Gasteiger partial charge in [-0.15, -0.1) is 0 Å². The fourth-order valence-electron chi connectivity index (χ4n) is 2.81. The fraction of sp³-hybridized carbons (Fsp3) is 1.00. The van der Waals surface area contributed by atoms with Crippen LogP contribution < -0.4 is 5.32 Å². The maximum absolute atomic E-state index is 3.49. The highest BCUT2D eigenvalue weighted by molar-refractivity contribution is 4.87. The molecule has 0 spiro atoms. The second-order valence-corrected chi connectivity index (χ2v) is 5.45. The number of rotatable bonds is 3. The van der Waals surface area contributed by atoms with Gasteiger partial charge in [-0.25, -0.2) is 0 Å². The van der Waals surface area contributed by atoms with E-state index < -0.39 is 0 Å². The van der Waals surface area contributed by atoms with E-state index in [-0.39, 0.29) is 0 Å². The van der Waals surface area contributed by atoms with Gasteiger partial charge in [0.2, 0.25) is 0 Å². The van der Waals surface area contributed by atoms with Gasteiger partial charge in [0.25, 0.3) is 0 Å². The van der Waals surface area contributed by atoms with Crippen LogP contribution in [-0.4, -0.2) is 62.2 Å². The highest BCUT2D eigenvalue weighted by Crippen LogP contribution is 2.25. The van der Waals surface area contributed by atoms with Crippen molar-refractivity contribution in [3.05, 3.63) is 0 Å². The molecule has 0 aromatic carbocycles. The molecule has 3 heteroatoms. The van der Waals surface area contributed by atoms with Crippen molar-refractivity contribution in [2.24, 2.45) is 5.41 Å². The Morgan fingerprint density at radius 3 is 2.33 bits per heavy atom. The lowest BCUT2D eigenvalue weighted by Crippen LogP contribution is -2.49. The molecule has 0 aromatic heterocycles. The molecule has 2 aliphatic heterocycles. The van der Waals surface area contributed by atoms with Crippen LogP contribution in [0.25, 0.3) is 0 Å². The molecule has 0 bridgehead atoms. The first-order chi connectivity index (χ1) is 7.22. The summed E-state index contributed by atoms with van der Waals surface area (Å²) in [5.41, 5.74) is 0.536. The summed E-state index contributed by atoms with van der Waals surface area (Å²) in [7, 11) is 0. The maximum atomic E-state index is 3.49. The number of hydrogen-bond acceptors (Lipinski definition) is 3. The van der Waals surface area contributed by atoms with Gasteiger partial charge in [0.1, 0.15) is 0 Å². The first-order valence-electron chi connectivity index (χ1n) is 6.37. The summed E-state index contributed by atoms with van der Waals surface area (Å²) < 4.78 is 0. The van der Waals surface area contributed by atoms with E-state index >= 15 is 0 Å². The minimum Gasteiger partial charge on any atom is -0.316 e. The smallest absolute Gasteiger partial charge is 0.0110 e. The standard InChI is InChI=1S/C12H25N3/c1-3-14-6-8-15(9-7-14)11-12(2)4-5-13-10-12/h13H,3-11H2,1-2H3. The summed E-state index contributed by atoms with van der Waals surface area (Å²) in [5, 5.41) is 3.49. The van der Waals surface area contributed by atoms with E-state index in [1.807, 2.05) is 0 Å². The molecule has 0 radical (unpaired) electrons. The number of piperazine rings is 1. The summed E-state index contributed by atoms with van der Waals surface area (Å²) >= 11 is 0. The predicted molar refractivity (Wildman–Crippen MR) is 64.1 cm³/mol. The minimum absolute atomic E-state index is 0.536.